The SMILES string of the molecule is CC(C)(C)C1CCC(C(=O)NCCCC(=N)N)CC1. The van der Waals surface area contributed by atoms with Gasteiger partial charge in [0.15, 0.2) is 0 Å². The summed E-state index contributed by atoms with van der Waals surface area (Å²) in [5.41, 5.74) is 5.64. The van der Waals surface area contributed by atoms with Gasteiger partial charge in [0.05, 0.1) is 5.84 Å². The van der Waals surface area contributed by atoms with E-state index in [1.807, 2.05) is 0 Å². The van der Waals surface area contributed by atoms with Crippen LogP contribution in [0.5, 0.6) is 0 Å². The third-order valence-electron chi connectivity index (χ3n) is 4.24. The lowest BCUT2D eigenvalue weighted by atomic mass is 9.69. The molecule has 0 aliphatic heterocycles. The molecule has 1 aliphatic carbocycles. The van der Waals surface area contributed by atoms with Gasteiger partial charge < -0.3 is 11.1 Å². The van der Waals surface area contributed by atoms with Crippen molar-refractivity contribution in [1.82, 2.24) is 5.32 Å². The molecule has 0 aromatic rings. The summed E-state index contributed by atoms with van der Waals surface area (Å²) < 4.78 is 0. The Bertz CT molecular complexity index is 312. The smallest absolute Gasteiger partial charge is 0.223 e. The fraction of sp³-hybridized carbons (Fsp3) is 0.867. The zero-order valence-electron chi connectivity index (χ0n) is 12.6. The molecule has 1 aliphatic rings. The van der Waals surface area contributed by atoms with Gasteiger partial charge in [0, 0.05) is 18.9 Å². The maximum absolute atomic E-state index is 12.0. The predicted molar refractivity (Wildman–Crippen MR) is 79.1 cm³/mol. The highest BCUT2D eigenvalue weighted by atomic mass is 16.1. The van der Waals surface area contributed by atoms with Crippen molar-refractivity contribution >= 4 is 11.7 Å². The number of carbonyl (C=O) groups is 1. The van der Waals surface area contributed by atoms with Crippen LogP contribution in [0.1, 0.15) is 59.3 Å². The lowest BCUT2D eigenvalue weighted by Crippen LogP contribution is -2.36. The Balaban J connectivity index is 2.23. The maximum atomic E-state index is 12.0. The molecule has 0 aromatic carbocycles. The molecule has 4 N–H and O–H groups in total. The topological polar surface area (TPSA) is 79.0 Å². The van der Waals surface area contributed by atoms with Crippen molar-refractivity contribution in [3.8, 4) is 0 Å². The summed E-state index contributed by atoms with van der Waals surface area (Å²) in [4.78, 5) is 12.0. The largest absolute Gasteiger partial charge is 0.388 e. The van der Waals surface area contributed by atoms with Gasteiger partial charge in [0.1, 0.15) is 0 Å². The van der Waals surface area contributed by atoms with Crippen molar-refractivity contribution < 1.29 is 4.79 Å². The van der Waals surface area contributed by atoms with Gasteiger partial charge in [0.2, 0.25) is 5.91 Å². The molecule has 0 unspecified atom stereocenters. The summed E-state index contributed by atoms with van der Waals surface area (Å²) in [5, 5.41) is 10.1. The normalized spacial score (nSPS) is 23.9. The Morgan fingerprint density at radius 3 is 2.32 bits per heavy atom. The first-order chi connectivity index (χ1) is 8.80. The molecule has 1 saturated carbocycles. The number of amidine groups is 1. The summed E-state index contributed by atoms with van der Waals surface area (Å²) in [7, 11) is 0. The predicted octanol–water partition coefficient (Wildman–Crippen LogP) is 2.67. The van der Waals surface area contributed by atoms with Gasteiger partial charge in [-0.3, -0.25) is 10.2 Å². The van der Waals surface area contributed by atoms with Gasteiger partial charge >= 0.3 is 0 Å². The van der Waals surface area contributed by atoms with Gasteiger partial charge in [0.25, 0.3) is 0 Å². The molecule has 0 saturated heterocycles. The fourth-order valence-electron chi connectivity index (χ4n) is 2.86. The Labute approximate surface area is 117 Å². The molecule has 0 bridgehead atoms. The molecule has 1 amide bonds. The van der Waals surface area contributed by atoms with Crippen LogP contribution in [0.3, 0.4) is 0 Å². The van der Waals surface area contributed by atoms with E-state index in [9.17, 15) is 4.79 Å². The second-order valence-corrected chi connectivity index (χ2v) is 6.83. The number of hydrogen-bond donors (Lipinski definition) is 3. The van der Waals surface area contributed by atoms with E-state index in [1.165, 1.54) is 0 Å². The van der Waals surface area contributed by atoms with E-state index in [1.54, 1.807) is 0 Å². The van der Waals surface area contributed by atoms with Crippen molar-refractivity contribution in [2.75, 3.05) is 6.54 Å². The van der Waals surface area contributed by atoms with Crippen molar-refractivity contribution in [3.63, 3.8) is 0 Å². The van der Waals surface area contributed by atoms with Gasteiger partial charge in [-0.1, -0.05) is 20.8 Å². The van der Waals surface area contributed by atoms with E-state index in [-0.39, 0.29) is 17.7 Å². The molecular formula is C15H29N3O. The highest BCUT2D eigenvalue weighted by Crippen LogP contribution is 2.39. The maximum Gasteiger partial charge on any atom is 0.223 e. The molecular weight excluding hydrogens is 238 g/mol. The zero-order valence-corrected chi connectivity index (χ0v) is 12.6. The van der Waals surface area contributed by atoms with Gasteiger partial charge in [-0.25, -0.2) is 0 Å². The van der Waals surface area contributed by atoms with Crippen molar-refractivity contribution in [2.24, 2.45) is 23.0 Å². The third-order valence-corrected chi connectivity index (χ3v) is 4.24. The molecule has 1 fully saturated rings. The molecule has 0 heterocycles. The molecule has 1 rings (SSSR count). The van der Waals surface area contributed by atoms with Crippen LogP contribution in [-0.4, -0.2) is 18.3 Å². The van der Waals surface area contributed by atoms with Crippen LogP contribution in [-0.2, 0) is 4.79 Å². The van der Waals surface area contributed by atoms with Crippen LogP contribution in [0.25, 0.3) is 0 Å². The van der Waals surface area contributed by atoms with E-state index < -0.39 is 0 Å². The Morgan fingerprint density at radius 1 is 1.26 bits per heavy atom. The summed E-state index contributed by atoms with van der Waals surface area (Å²) in [6.45, 7) is 7.51. The standard InChI is InChI=1S/C15H29N3O/c1-15(2,3)12-8-6-11(7-9-12)14(19)18-10-4-5-13(16)17/h11-12H,4-10H2,1-3H3,(H3,16,17)(H,18,19). The first kappa shape index (κ1) is 16.0. The molecule has 0 spiro atoms. The summed E-state index contributed by atoms with van der Waals surface area (Å²) in [5.74, 6) is 1.32. The fourth-order valence-corrected chi connectivity index (χ4v) is 2.86. The summed E-state index contributed by atoms with van der Waals surface area (Å²) >= 11 is 0. The molecule has 0 atom stereocenters. The van der Waals surface area contributed by atoms with Crippen LogP contribution in [0.4, 0.5) is 0 Å². The molecule has 19 heavy (non-hydrogen) atoms. The highest BCUT2D eigenvalue weighted by Gasteiger charge is 2.32. The number of hydrogen-bond acceptors (Lipinski definition) is 2. The number of amides is 1. The monoisotopic (exact) mass is 267 g/mol. The first-order valence-corrected chi connectivity index (χ1v) is 7.41. The van der Waals surface area contributed by atoms with E-state index in [0.717, 1.165) is 38.0 Å². The number of nitrogens with two attached hydrogens (primary N) is 1. The highest BCUT2D eigenvalue weighted by molar-refractivity contribution is 5.79. The Morgan fingerprint density at radius 2 is 1.84 bits per heavy atom. The average molecular weight is 267 g/mol. The van der Waals surface area contributed by atoms with E-state index in [4.69, 9.17) is 11.1 Å². The number of rotatable bonds is 5. The lowest BCUT2D eigenvalue weighted by Gasteiger charge is -2.36. The first-order valence-electron chi connectivity index (χ1n) is 7.41. The Hall–Kier alpha value is -1.06. The second kappa shape index (κ2) is 6.92. The van der Waals surface area contributed by atoms with Gasteiger partial charge in [-0.2, -0.15) is 0 Å². The van der Waals surface area contributed by atoms with Gasteiger partial charge in [-0.05, 0) is 43.4 Å². The molecule has 4 heteroatoms. The summed E-state index contributed by atoms with van der Waals surface area (Å²) in [6.07, 6.45) is 5.68. The lowest BCUT2D eigenvalue weighted by molar-refractivity contribution is -0.126. The van der Waals surface area contributed by atoms with E-state index >= 15 is 0 Å². The minimum atomic E-state index is 0.191. The van der Waals surface area contributed by atoms with Crippen LogP contribution in [0, 0.1) is 22.7 Å². The van der Waals surface area contributed by atoms with Crippen LogP contribution >= 0.6 is 0 Å². The van der Waals surface area contributed by atoms with Gasteiger partial charge in [-0.15, -0.1) is 0 Å². The average Bonchev–Trinajstić information content (AvgIpc) is 2.33. The summed E-state index contributed by atoms with van der Waals surface area (Å²) in [6, 6.07) is 0. The van der Waals surface area contributed by atoms with Crippen LogP contribution in [0.2, 0.25) is 0 Å². The molecule has 0 radical (unpaired) electrons. The van der Waals surface area contributed by atoms with E-state index in [2.05, 4.69) is 26.1 Å². The molecule has 4 nitrogen and oxygen atoms in total. The minimum absolute atomic E-state index is 0.191. The van der Waals surface area contributed by atoms with Crippen LogP contribution in [0.15, 0.2) is 0 Å². The van der Waals surface area contributed by atoms with Crippen molar-refractivity contribution in [3.05, 3.63) is 0 Å². The third kappa shape index (κ3) is 5.62. The van der Waals surface area contributed by atoms with E-state index in [0.29, 0.717) is 18.4 Å². The quantitative estimate of drug-likeness (QED) is 0.407. The number of nitrogens with one attached hydrogen (secondary N) is 2. The minimum Gasteiger partial charge on any atom is -0.388 e. The van der Waals surface area contributed by atoms with Crippen molar-refractivity contribution in [2.45, 2.75) is 59.3 Å². The second-order valence-electron chi connectivity index (χ2n) is 6.83. The van der Waals surface area contributed by atoms with Crippen molar-refractivity contribution in [1.29, 1.82) is 5.41 Å². The molecule has 110 valence electrons. The Kier molecular flexibility index (Phi) is 5.83. The van der Waals surface area contributed by atoms with Crippen LogP contribution < -0.4 is 11.1 Å². The molecule has 0 aromatic heterocycles. The number of carbonyl (C=O) groups excluding carboxylic acids is 1. The zero-order chi connectivity index (χ0) is 14.5.